The zero-order valence-electron chi connectivity index (χ0n) is 23.1. The Bertz CT molecular complexity index is 1580. The van der Waals surface area contributed by atoms with Crippen LogP contribution in [-0.4, -0.2) is 40.8 Å². The molecule has 0 spiro atoms. The van der Waals surface area contributed by atoms with E-state index in [1.165, 1.54) is 0 Å². The van der Waals surface area contributed by atoms with Gasteiger partial charge in [-0.3, -0.25) is 4.79 Å². The second kappa shape index (κ2) is 11.2. The Morgan fingerprint density at radius 2 is 1.29 bits per heavy atom. The number of carboxylic acid groups (broad SMARTS) is 1. The molecule has 6 rings (SSSR count). The molecular formula is C35H32N2O5. The topological polar surface area (TPSA) is 105 Å². The molecule has 1 heterocycles. The minimum atomic E-state index is -1.48. The summed E-state index contributed by atoms with van der Waals surface area (Å²) in [5.74, 6) is -1.77. The quantitative estimate of drug-likeness (QED) is 0.265. The van der Waals surface area contributed by atoms with Gasteiger partial charge < -0.3 is 20.5 Å². The Hall–Kier alpha value is -4.91. The van der Waals surface area contributed by atoms with Crippen LogP contribution in [0, 0.1) is 0 Å². The second-order valence-corrected chi connectivity index (χ2v) is 11.2. The van der Waals surface area contributed by atoms with Crippen molar-refractivity contribution in [3.05, 3.63) is 131 Å². The van der Waals surface area contributed by atoms with Gasteiger partial charge >= 0.3 is 12.1 Å². The third kappa shape index (κ3) is 5.14. The molecular weight excluding hydrogens is 528 g/mol. The fraction of sp³-hybridized carbons (Fsp3) is 0.229. The van der Waals surface area contributed by atoms with Gasteiger partial charge in [0.1, 0.15) is 17.7 Å². The zero-order valence-corrected chi connectivity index (χ0v) is 23.1. The van der Waals surface area contributed by atoms with Crippen molar-refractivity contribution in [2.75, 3.05) is 6.61 Å². The summed E-state index contributed by atoms with van der Waals surface area (Å²) in [5.41, 5.74) is 3.22. The molecule has 0 aromatic heterocycles. The summed E-state index contributed by atoms with van der Waals surface area (Å²) < 4.78 is 5.80. The lowest BCUT2D eigenvalue weighted by molar-refractivity contribution is -0.152. The number of alkyl carbamates (subject to hydrolysis) is 1. The fourth-order valence-electron chi connectivity index (χ4n) is 6.36. The number of benzene rings is 4. The maximum absolute atomic E-state index is 13.9. The van der Waals surface area contributed by atoms with Gasteiger partial charge in [0.05, 0.1) is 0 Å². The molecule has 3 N–H and O–H groups in total. The molecule has 0 radical (unpaired) electrons. The number of nitrogens with one attached hydrogen (secondary N) is 2. The van der Waals surface area contributed by atoms with E-state index in [0.717, 1.165) is 33.4 Å². The molecule has 2 amide bonds. The average molecular weight is 561 g/mol. The third-order valence-electron chi connectivity index (χ3n) is 8.56. The van der Waals surface area contributed by atoms with Crippen LogP contribution in [0.4, 0.5) is 4.79 Å². The highest BCUT2D eigenvalue weighted by Gasteiger charge is 2.53. The molecule has 2 atom stereocenters. The molecule has 1 aliphatic heterocycles. The van der Waals surface area contributed by atoms with E-state index in [9.17, 15) is 19.5 Å². The first-order valence-corrected chi connectivity index (χ1v) is 14.2. The Morgan fingerprint density at radius 3 is 1.83 bits per heavy atom. The first-order chi connectivity index (χ1) is 20.4. The van der Waals surface area contributed by atoms with E-state index in [2.05, 4.69) is 22.8 Å². The van der Waals surface area contributed by atoms with Gasteiger partial charge in [-0.15, -0.1) is 0 Å². The largest absolute Gasteiger partial charge is 0.479 e. The van der Waals surface area contributed by atoms with Gasteiger partial charge in [0, 0.05) is 18.8 Å². The zero-order chi connectivity index (χ0) is 29.2. The van der Waals surface area contributed by atoms with E-state index in [4.69, 9.17) is 4.74 Å². The smallest absolute Gasteiger partial charge is 0.408 e. The van der Waals surface area contributed by atoms with Crippen molar-refractivity contribution in [3.63, 3.8) is 0 Å². The van der Waals surface area contributed by atoms with Crippen LogP contribution >= 0.6 is 0 Å². The molecule has 1 fully saturated rings. The van der Waals surface area contributed by atoms with Crippen molar-refractivity contribution in [3.8, 4) is 11.1 Å². The highest BCUT2D eigenvalue weighted by Crippen LogP contribution is 2.44. The van der Waals surface area contributed by atoms with Crippen LogP contribution in [0.25, 0.3) is 11.1 Å². The lowest BCUT2D eigenvalue weighted by Gasteiger charge is -2.44. The number of piperidine rings is 1. The number of hydrogen-bond donors (Lipinski definition) is 3. The number of hydrogen-bond acceptors (Lipinski definition) is 4. The van der Waals surface area contributed by atoms with Crippen molar-refractivity contribution in [2.45, 2.75) is 42.7 Å². The van der Waals surface area contributed by atoms with Crippen LogP contribution in [0.1, 0.15) is 41.0 Å². The molecule has 0 bridgehead atoms. The molecule has 2 aliphatic rings. The normalized spacial score (nSPS) is 21.1. The molecule has 4 aromatic carbocycles. The molecule has 212 valence electrons. The van der Waals surface area contributed by atoms with E-state index in [-0.39, 0.29) is 38.2 Å². The fourth-order valence-corrected chi connectivity index (χ4v) is 6.36. The predicted molar refractivity (Wildman–Crippen MR) is 159 cm³/mol. The maximum atomic E-state index is 13.9. The Morgan fingerprint density at radius 1 is 0.762 bits per heavy atom. The van der Waals surface area contributed by atoms with E-state index >= 15 is 0 Å². The molecule has 0 saturated carbocycles. The van der Waals surface area contributed by atoms with Crippen LogP contribution < -0.4 is 10.6 Å². The van der Waals surface area contributed by atoms with Gasteiger partial charge in [0.25, 0.3) is 0 Å². The third-order valence-corrected chi connectivity index (χ3v) is 8.56. The molecule has 1 aliphatic carbocycles. The Balaban J connectivity index is 1.23. The van der Waals surface area contributed by atoms with Crippen molar-refractivity contribution in [2.24, 2.45) is 0 Å². The first kappa shape index (κ1) is 27.3. The summed E-state index contributed by atoms with van der Waals surface area (Å²) >= 11 is 0. The molecule has 1 saturated heterocycles. The molecule has 7 nitrogen and oxygen atoms in total. The minimum absolute atomic E-state index is 0.107. The summed E-state index contributed by atoms with van der Waals surface area (Å²) in [6.07, 6.45) is -0.100. The summed E-state index contributed by atoms with van der Waals surface area (Å²) in [5, 5.41) is 15.9. The van der Waals surface area contributed by atoms with E-state index in [1.54, 1.807) is 0 Å². The van der Waals surface area contributed by atoms with Crippen molar-refractivity contribution < 1.29 is 24.2 Å². The predicted octanol–water partition coefficient (Wildman–Crippen LogP) is 5.48. The summed E-state index contributed by atoms with van der Waals surface area (Å²) in [4.78, 5) is 39.8. The number of fused-ring (bicyclic) bond motifs is 3. The van der Waals surface area contributed by atoms with E-state index in [1.807, 2.05) is 97.1 Å². The number of aliphatic carboxylic acids is 1. The number of amides is 2. The van der Waals surface area contributed by atoms with E-state index < -0.39 is 29.0 Å². The van der Waals surface area contributed by atoms with Crippen molar-refractivity contribution in [1.82, 2.24) is 10.6 Å². The van der Waals surface area contributed by atoms with Gasteiger partial charge in [0.2, 0.25) is 5.91 Å². The molecule has 4 aromatic rings. The molecule has 7 heteroatoms. The maximum Gasteiger partial charge on any atom is 0.408 e. The minimum Gasteiger partial charge on any atom is -0.479 e. The summed E-state index contributed by atoms with van der Waals surface area (Å²) in [7, 11) is 0. The first-order valence-electron chi connectivity index (χ1n) is 14.2. The monoisotopic (exact) mass is 560 g/mol. The second-order valence-electron chi connectivity index (χ2n) is 11.2. The van der Waals surface area contributed by atoms with Gasteiger partial charge in [-0.05, 0) is 46.2 Å². The number of ether oxygens (including phenoxy) is 1. The number of carboxylic acids is 1. The Kier molecular flexibility index (Phi) is 7.25. The van der Waals surface area contributed by atoms with Gasteiger partial charge in [0.15, 0.2) is 0 Å². The van der Waals surface area contributed by atoms with Crippen LogP contribution in [-0.2, 0) is 27.2 Å². The van der Waals surface area contributed by atoms with Crippen LogP contribution in [0.5, 0.6) is 0 Å². The van der Waals surface area contributed by atoms with Gasteiger partial charge in [-0.25, -0.2) is 9.59 Å². The van der Waals surface area contributed by atoms with Crippen molar-refractivity contribution in [1.29, 1.82) is 0 Å². The highest BCUT2D eigenvalue weighted by molar-refractivity contribution is 5.96. The van der Waals surface area contributed by atoms with Crippen molar-refractivity contribution >= 4 is 18.0 Å². The molecule has 0 unspecified atom stereocenters. The SMILES string of the molecule is O=C(N[C@]1(Cc2ccccc2)CC[C@](Cc2ccccc2)(C(=O)O)NC1=O)OCC1c2ccccc2-c2ccccc21. The van der Waals surface area contributed by atoms with Gasteiger partial charge in [-0.1, -0.05) is 109 Å². The number of carbonyl (C=O) groups excluding carboxylic acids is 2. The van der Waals surface area contributed by atoms with Gasteiger partial charge in [-0.2, -0.15) is 0 Å². The van der Waals surface area contributed by atoms with Crippen LogP contribution in [0.15, 0.2) is 109 Å². The highest BCUT2D eigenvalue weighted by atomic mass is 16.5. The summed E-state index contributed by atoms with van der Waals surface area (Å²) in [6, 6.07) is 34.8. The van der Waals surface area contributed by atoms with Crippen LogP contribution in [0.3, 0.4) is 0 Å². The van der Waals surface area contributed by atoms with E-state index in [0.29, 0.717) is 0 Å². The lowest BCUT2D eigenvalue weighted by Crippen LogP contribution is -2.71. The standard InChI is InChI=1S/C35H32N2O5/c38-31-34(21-24-11-3-1-4-12-24,19-20-35(36-31,32(39)40)22-25-13-5-2-6-14-25)37-33(41)42-23-30-28-17-9-7-15-26(28)27-16-8-10-18-29(27)30/h1-18,30H,19-23H2,(H,36,38)(H,37,41)(H,39,40)/t34-,35-/m0/s1. The lowest BCUT2D eigenvalue weighted by atomic mass is 9.74. The number of rotatable bonds is 8. The average Bonchev–Trinajstić information content (AvgIpc) is 3.32. The number of carbonyl (C=O) groups is 3. The summed E-state index contributed by atoms with van der Waals surface area (Å²) in [6.45, 7) is 0.107. The Labute approximate surface area is 244 Å². The van der Waals surface area contributed by atoms with Crippen LogP contribution in [0.2, 0.25) is 0 Å². The molecule has 42 heavy (non-hydrogen) atoms.